The summed E-state index contributed by atoms with van der Waals surface area (Å²) in [6.07, 6.45) is 4.92. The Bertz CT molecular complexity index is 858. The average Bonchev–Trinajstić information content (AvgIpc) is 3.06. The van der Waals surface area contributed by atoms with Gasteiger partial charge in [-0.1, -0.05) is 12.1 Å². The minimum absolute atomic E-state index is 0.244. The van der Waals surface area contributed by atoms with E-state index in [1.807, 2.05) is 11.0 Å². The van der Waals surface area contributed by atoms with Crippen molar-refractivity contribution in [2.45, 2.75) is 65.5 Å². The Hall–Kier alpha value is -2.57. The van der Waals surface area contributed by atoms with Gasteiger partial charge in [0.2, 0.25) is 5.91 Å². The summed E-state index contributed by atoms with van der Waals surface area (Å²) in [5, 5.41) is 6.59. The molecule has 1 aromatic carbocycles. The van der Waals surface area contributed by atoms with Crippen LogP contribution < -0.4 is 10.6 Å². The van der Waals surface area contributed by atoms with Crippen LogP contribution in [0.4, 0.5) is 0 Å². The van der Waals surface area contributed by atoms with E-state index in [-0.39, 0.29) is 5.91 Å². The number of guanidine groups is 1. The number of carbonyl (C=O) groups excluding carboxylic acids is 1. The number of para-hydroxylation sites is 2. The molecule has 1 atom stereocenters. The van der Waals surface area contributed by atoms with Crippen molar-refractivity contribution < 1.29 is 4.79 Å². The molecule has 0 spiro atoms. The molecule has 1 aliphatic heterocycles. The fraction of sp³-hybridized carbons (Fsp3) is 0.609. The van der Waals surface area contributed by atoms with Crippen LogP contribution in [0.3, 0.4) is 0 Å². The van der Waals surface area contributed by atoms with Gasteiger partial charge in [0.25, 0.3) is 0 Å². The van der Waals surface area contributed by atoms with Gasteiger partial charge in [-0.2, -0.15) is 0 Å². The molecule has 3 rings (SSSR count). The van der Waals surface area contributed by atoms with Crippen molar-refractivity contribution in [1.82, 2.24) is 25.1 Å². The number of fused-ring (bicyclic) bond motifs is 1. The van der Waals surface area contributed by atoms with Gasteiger partial charge < -0.3 is 20.1 Å². The summed E-state index contributed by atoms with van der Waals surface area (Å²) in [4.78, 5) is 23.8. The van der Waals surface area contributed by atoms with Gasteiger partial charge >= 0.3 is 0 Å². The van der Waals surface area contributed by atoms with Crippen LogP contribution in [0, 0.1) is 6.92 Å². The van der Waals surface area contributed by atoms with Crippen LogP contribution in [-0.2, 0) is 11.3 Å². The minimum Gasteiger partial charge on any atom is -0.357 e. The number of nitrogens with one attached hydrogen (secondary N) is 2. The van der Waals surface area contributed by atoms with Gasteiger partial charge in [-0.25, -0.2) is 4.98 Å². The van der Waals surface area contributed by atoms with Crippen LogP contribution in [0.2, 0.25) is 0 Å². The number of aliphatic imine (C=N–C) groups is 1. The second-order valence-electron chi connectivity index (χ2n) is 8.02. The quantitative estimate of drug-likeness (QED) is 0.397. The Morgan fingerprint density at radius 1 is 1.27 bits per heavy atom. The highest BCUT2D eigenvalue weighted by molar-refractivity contribution is 5.81. The van der Waals surface area contributed by atoms with E-state index in [2.05, 4.69) is 64.1 Å². The molecule has 1 aliphatic rings. The smallest absolute Gasteiger partial charge is 0.224 e. The first kappa shape index (κ1) is 22.1. The Kier molecular flexibility index (Phi) is 8.11. The molecule has 7 heteroatoms. The first-order chi connectivity index (χ1) is 14.6. The molecular weight excluding hydrogens is 376 g/mol. The van der Waals surface area contributed by atoms with Gasteiger partial charge in [-0.3, -0.25) is 9.79 Å². The second-order valence-corrected chi connectivity index (χ2v) is 8.02. The summed E-state index contributed by atoms with van der Waals surface area (Å²) in [7, 11) is 0. The highest BCUT2D eigenvalue weighted by Crippen LogP contribution is 2.17. The molecule has 1 fully saturated rings. The van der Waals surface area contributed by atoms with Crippen molar-refractivity contribution in [3.63, 3.8) is 0 Å². The average molecular weight is 413 g/mol. The molecule has 30 heavy (non-hydrogen) atoms. The Balaban J connectivity index is 1.46. The second kappa shape index (κ2) is 11.0. The molecule has 2 aromatic rings. The SMILES string of the molecule is CCNC(=NCCCn1c(C)nc2ccccc21)NCCC(=O)N1CCCCC1C. The monoisotopic (exact) mass is 412 g/mol. The maximum absolute atomic E-state index is 12.5. The van der Waals surface area contributed by atoms with Gasteiger partial charge in [-0.05, 0) is 58.6 Å². The first-order valence-corrected chi connectivity index (χ1v) is 11.3. The number of aromatic nitrogens is 2. The number of rotatable bonds is 8. The fourth-order valence-electron chi connectivity index (χ4n) is 4.14. The van der Waals surface area contributed by atoms with Crippen LogP contribution in [0.5, 0.6) is 0 Å². The van der Waals surface area contributed by atoms with Gasteiger partial charge in [-0.15, -0.1) is 0 Å². The van der Waals surface area contributed by atoms with E-state index in [9.17, 15) is 4.79 Å². The number of likely N-dealkylation sites (tertiary alicyclic amines) is 1. The van der Waals surface area contributed by atoms with Crippen molar-refractivity contribution >= 4 is 22.9 Å². The van der Waals surface area contributed by atoms with Crippen LogP contribution in [0.25, 0.3) is 11.0 Å². The molecule has 2 heterocycles. The summed E-state index contributed by atoms with van der Waals surface area (Å²) in [6.45, 7) is 10.2. The third-order valence-electron chi connectivity index (χ3n) is 5.75. The Morgan fingerprint density at radius 3 is 2.90 bits per heavy atom. The van der Waals surface area contributed by atoms with Crippen LogP contribution in [0.1, 0.15) is 51.8 Å². The van der Waals surface area contributed by atoms with E-state index in [1.54, 1.807) is 0 Å². The summed E-state index contributed by atoms with van der Waals surface area (Å²) < 4.78 is 2.25. The highest BCUT2D eigenvalue weighted by atomic mass is 16.2. The van der Waals surface area contributed by atoms with Crippen molar-refractivity contribution in [2.75, 3.05) is 26.2 Å². The number of benzene rings is 1. The lowest BCUT2D eigenvalue weighted by Gasteiger charge is -2.33. The van der Waals surface area contributed by atoms with E-state index >= 15 is 0 Å². The first-order valence-electron chi connectivity index (χ1n) is 11.3. The topological polar surface area (TPSA) is 74.5 Å². The van der Waals surface area contributed by atoms with E-state index in [1.165, 1.54) is 11.9 Å². The lowest BCUT2D eigenvalue weighted by molar-refractivity contribution is -0.134. The van der Waals surface area contributed by atoms with Gasteiger partial charge in [0, 0.05) is 45.2 Å². The molecule has 0 aliphatic carbocycles. The summed E-state index contributed by atoms with van der Waals surface area (Å²) >= 11 is 0. The normalized spacial score (nSPS) is 17.4. The number of hydrogen-bond acceptors (Lipinski definition) is 3. The maximum Gasteiger partial charge on any atom is 0.224 e. The van der Waals surface area contributed by atoms with Crippen molar-refractivity contribution in [1.29, 1.82) is 0 Å². The summed E-state index contributed by atoms with van der Waals surface area (Å²) in [5.74, 6) is 2.06. The molecule has 1 aromatic heterocycles. The Morgan fingerprint density at radius 2 is 2.10 bits per heavy atom. The molecule has 1 saturated heterocycles. The van der Waals surface area contributed by atoms with Gasteiger partial charge in [0.1, 0.15) is 5.82 Å². The minimum atomic E-state index is 0.244. The molecule has 1 amide bonds. The molecule has 7 nitrogen and oxygen atoms in total. The third kappa shape index (κ3) is 5.74. The lowest BCUT2D eigenvalue weighted by atomic mass is 10.0. The van der Waals surface area contributed by atoms with Crippen LogP contribution in [0.15, 0.2) is 29.3 Å². The molecule has 0 bridgehead atoms. The predicted molar refractivity (Wildman–Crippen MR) is 123 cm³/mol. The largest absolute Gasteiger partial charge is 0.357 e. The number of aryl methyl sites for hydroxylation is 2. The summed E-state index contributed by atoms with van der Waals surface area (Å²) in [6, 6.07) is 8.61. The predicted octanol–water partition coefficient (Wildman–Crippen LogP) is 3.08. The molecule has 0 saturated carbocycles. The van der Waals surface area contributed by atoms with Crippen molar-refractivity contribution in [3.05, 3.63) is 30.1 Å². The van der Waals surface area contributed by atoms with E-state index in [4.69, 9.17) is 0 Å². The third-order valence-corrected chi connectivity index (χ3v) is 5.75. The van der Waals surface area contributed by atoms with E-state index in [0.717, 1.165) is 62.7 Å². The number of hydrogen-bond donors (Lipinski definition) is 2. The number of imidazole rings is 1. The summed E-state index contributed by atoms with van der Waals surface area (Å²) in [5.41, 5.74) is 2.22. The number of carbonyl (C=O) groups is 1. The molecule has 0 radical (unpaired) electrons. The standard InChI is InChI=1S/C23H36N6O/c1-4-24-23(26-15-13-22(30)28-16-8-7-10-18(28)2)25-14-9-17-29-19(3)27-20-11-5-6-12-21(20)29/h5-6,11-12,18H,4,7-10,13-17H2,1-3H3,(H2,24,25,26). The fourth-order valence-corrected chi connectivity index (χ4v) is 4.14. The van der Waals surface area contributed by atoms with Gasteiger partial charge in [0.15, 0.2) is 5.96 Å². The highest BCUT2D eigenvalue weighted by Gasteiger charge is 2.22. The van der Waals surface area contributed by atoms with E-state index in [0.29, 0.717) is 19.0 Å². The molecule has 1 unspecified atom stereocenters. The van der Waals surface area contributed by atoms with Crippen LogP contribution in [-0.4, -0.2) is 58.5 Å². The molecule has 2 N–H and O–H groups in total. The van der Waals surface area contributed by atoms with Crippen LogP contribution >= 0.6 is 0 Å². The number of amides is 1. The number of nitrogens with zero attached hydrogens (tertiary/aromatic N) is 4. The molecule has 164 valence electrons. The van der Waals surface area contributed by atoms with Crippen molar-refractivity contribution in [3.8, 4) is 0 Å². The van der Waals surface area contributed by atoms with E-state index < -0.39 is 0 Å². The van der Waals surface area contributed by atoms with Gasteiger partial charge in [0.05, 0.1) is 11.0 Å². The zero-order valence-electron chi connectivity index (χ0n) is 18.7. The Labute approximate surface area is 180 Å². The maximum atomic E-state index is 12.5. The zero-order valence-corrected chi connectivity index (χ0v) is 18.7. The zero-order chi connectivity index (χ0) is 21.3. The van der Waals surface area contributed by atoms with Crippen molar-refractivity contribution in [2.24, 2.45) is 4.99 Å². The molecular formula is C23H36N6O. The number of piperidine rings is 1. The lowest BCUT2D eigenvalue weighted by Crippen LogP contribution is -2.44.